The maximum atomic E-state index is 12.2. The molecule has 0 bridgehead atoms. The van der Waals surface area contributed by atoms with E-state index in [1.165, 1.54) is 4.90 Å². The standard InChI is InChI=1S/C17H23N3O2.C16H21N3O3.CH3F/c1-13-11-20(15(21)22-16(2,3)4)10-8-17(13,12-18)14-7-5-6-9-19-14;1-15(2,3)22-14(21)19-9-7-16(11-17,13(20)10-19)12-6-4-5-8-18-12;1-2/h5-7,9,13H,8,10-11H2,1-4H3;4-6,8,13,20H,7,9-10H2,1-3H3;1H3/t13-,17+;13-,16-;/m11./s1/i;;1D. The molecule has 0 aromatic carbocycles. The average molecular weight is 640 g/mol. The van der Waals surface area contributed by atoms with E-state index in [4.69, 9.17) is 10.8 Å². The van der Waals surface area contributed by atoms with E-state index in [1.807, 2.05) is 45.9 Å². The summed E-state index contributed by atoms with van der Waals surface area (Å²) in [5, 5.41) is 29.8. The molecule has 12 heteroatoms. The van der Waals surface area contributed by atoms with Crippen LogP contribution in [-0.4, -0.2) is 87.7 Å². The fourth-order valence-corrected chi connectivity index (χ4v) is 5.40. The summed E-state index contributed by atoms with van der Waals surface area (Å²) in [4.78, 5) is 36.0. The van der Waals surface area contributed by atoms with Crippen LogP contribution in [0.4, 0.5) is 14.0 Å². The molecule has 46 heavy (non-hydrogen) atoms. The van der Waals surface area contributed by atoms with Crippen LogP contribution in [0.5, 0.6) is 0 Å². The molecule has 2 fully saturated rings. The van der Waals surface area contributed by atoms with Gasteiger partial charge in [0.15, 0.2) is 0 Å². The number of piperidine rings is 2. The minimum Gasteiger partial charge on any atom is -0.444 e. The van der Waals surface area contributed by atoms with Crippen LogP contribution < -0.4 is 0 Å². The van der Waals surface area contributed by atoms with Crippen molar-refractivity contribution in [3.8, 4) is 12.1 Å². The Balaban J connectivity index is 0.000000302. The Kier molecular flexibility index (Phi) is 12.4. The number of carbonyl (C=O) groups is 2. The highest BCUT2D eigenvalue weighted by Crippen LogP contribution is 2.38. The van der Waals surface area contributed by atoms with Gasteiger partial charge in [0.2, 0.25) is 0 Å². The Morgan fingerprint density at radius 2 is 1.30 bits per heavy atom. The highest BCUT2D eigenvalue weighted by atomic mass is 19.1. The van der Waals surface area contributed by atoms with Gasteiger partial charge in [0, 0.05) is 32.0 Å². The molecule has 2 aliphatic heterocycles. The first kappa shape index (κ1) is 36.2. The fraction of sp³-hybridized carbons (Fsp3) is 0.588. The predicted molar refractivity (Wildman–Crippen MR) is 170 cm³/mol. The van der Waals surface area contributed by atoms with Crippen LogP contribution in [0.15, 0.2) is 48.8 Å². The number of likely N-dealkylation sites (tertiary alicyclic amines) is 2. The highest BCUT2D eigenvalue weighted by molar-refractivity contribution is 5.69. The SMILES string of the molecule is CC(C)(C)OC(=O)N1CC[C@@](C#N)(c2ccccn2)[C@H](O)C1.C[C@@H]1CN(C(=O)OC(C)(C)C)CC[C@@]1(C#N)c1ccccn1.[2H]CF. The summed E-state index contributed by atoms with van der Waals surface area (Å²) in [5.74, 6) is -0.00586. The van der Waals surface area contributed by atoms with E-state index in [2.05, 4.69) is 22.1 Å². The zero-order valence-electron chi connectivity index (χ0n) is 28.9. The average Bonchev–Trinajstić information content (AvgIpc) is 3.01. The molecule has 4 heterocycles. The van der Waals surface area contributed by atoms with Crippen molar-refractivity contribution in [2.24, 2.45) is 5.92 Å². The number of amides is 2. The number of halogens is 1. The first-order valence-corrected chi connectivity index (χ1v) is 15.1. The Hall–Kier alpha value is -4.29. The zero-order chi connectivity index (χ0) is 35.5. The van der Waals surface area contributed by atoms with Gasteiger partial charge in [-0.15, -0.1) is 0 Å². The molecule has 0 spiro atoms. The van der Waals surface area contributed by atoms with Crippen LogP contribution >= 0.6 is 0 Å². The van der Waals surface area contributed by atoms with Crippen molar-refractivity contribution in [1.29, 1.82) is 10.5 Å². The zero-order valence-corrected chi connectivity index (χ0v) is 27.9. The van der Waals surface area contributed by atoms with Gasteiger partial charge < -0.3 is 24.4 Å². The molecule has 2 aromatic heterocycles. The van der Waals surface area contributed by atoms with Crippen molar-refractivity contribution >= 4 is 12.2 Å². The van der Waals surface area contributed by atoms with E-state index in [0.29, 0.717) is 38.2 Å². The maximum absolute atomic E-state index is 12.2. The summed E-state index contributed by atoms with van der Waals surface area (Å²) in [6.07, 6.45) is 2.41. The summed E-state index contributed by atoms with van der Waals surface area (Å²) in [5.41, 5.74) is -1.50. The summed E-state index contributed by atoms with van der Waals surface area (Å²) in [6.45, 7) is 14.3. The molecule has 0 aliphatic carbocycles. The van der Waals surface area contributed by atoms with Crippen molar-refractivity contribution < 1.29 is 29.9 Å². The van der Waals surface area contributed by atoms with Crippen LogP contribution in [0.1, 0.15) is 74.1 Å². The van der Waals surface area contributed by atoms with Crippen molar-refractivity contribution in [3.63, 3.8) is 0 Å². The smallest absolute Gasteiger partial charge is 0.410 e. The molecule has 2 aromatic rings. The Morgan fingerprint density at radius 3 is 1.65 bits per heavy atom. The predicted octanol–water partition coefficient (Wildman–Crippen LogP) is 5.55. The minimum atomic E-state index is -1.08. The lowest BCUT2D eigenvalue weighted by atomic mass is 9.69. The van der Waals surface area contributed by atoms with Crippen LogP contribution in [0, 0.1) is 28.6 Å². The summed E-state index contributed by atoms with van der Waals surface area (Å²) in [6, 6.07) is 15.6. The third kappa shape index (κ3) is 9.37. The lowest BCUT2D eigenvalue weighted by molar-refractivity contribution is -0.0127. The maximum Gasteiger partial charge on any atom is 0.410 e. The molecule has 0 unspecified atom stereocenters. The van der Waals surface area contributed by atoms with Crippen molar-refractivity contribution in [2.45, 2.75) is 89.4 Å². The molecule has 0 radical (unpaired) electrons. The van der Waals surface area contributed by atoms with Crippen molar-refractivity contribution in [3.05, 3.63) is 60.2 Å². The van der Waals surface area contributed by atoms with E-state index in [1.54, 1.807) is 56.3 Å². The largest absolute Gasteiger partial charge is 0.444 e. The molecule has 250 valence electrons. The number of nitriles is 2. The number of rotatable bonds is 2. The number of pyridine rings is 2. The quantitative estimate of drug-likeness (QED) is 0.446. The lowest BCUT2D eigenvalue weighted by Crippen LogP contribution is -2.55. The Labute approximate surface area is 273 Å². The third-order valence-corrected chi connectivity index (χ3v) is 7.80. The van der Waals surface area contributed by atoms with Gasteiger partial charge >= 0.3 is 12.2 Å². The highest BCUT2D eigenvalue weighted by Gasteiger charge is 2.47. The van der Waals surface area contributed by atoms with Gasteiger partial charge in [-0.25, -0.2) is 9.59 Å². The van der Waals surface area contributed by atoms with Gasteiger partial charge in [0.25, 0.3) is 0 Å². The van der Waals surface area contributed by atoms with Crippen molar-refractivity contribution in [1.82, 2.24) is 19.8 Å². The van der Waals surface area contributed by atoms with E-state index >= 15 is 0 Å². The van der Waals surface area contributed by atoms with Crippen LogP contribution in [0.25, 0.3) is 0 Å². The number of carbonyl (C=O) groups excluding carboxylic acids is 2. The molecule has 11 nitrogen and oxygen atoms in total. The van der Waals surface area contributed by atoms with Gasteiger partial charge in [-0.1, -0.05) is 19.1 Å². The second-order valence-corrected chi connectivity index (χ2v) is 13.4. The minimum absolute atomic E-state index is 0.00586. The first-order valence-electron chi connectivity index (χ1n) is 15.8. The van der Waals surface area contributed by atoms with Crippen LogP contribution in [0.3, 0.4) is 0 Å². The lowest BCUT2D eigenvalue weighted by Gasteiger charge is -2.42. The molecule has 2 saturated heterocycles. The first-order chi connectivity index (χ1) is 22.0. The second kappa shape index (κ2) is 15.8. The molecular weight excluding hydrogens is 591 g/mol. The number of aliphatic hydroxyl groups excluding tert-OH is 1. The molecule has 0 saturated carbocycles. The van der Waals surface area contributed by atoms with E-state index in [0.717, 1.165) is 5.69 Å². The number of β-amino-alcohol motifs (C(OH)–C–C–N with tert-alkyl or cyclic N) is 1. The normalized spacial score (nSPS) is 24.7. The summed E-state index contributed by atoms with van der Waals surface area (Å²) < 4.78 is 26.2. The van der Waals surface area contributed by atoms with Crippen LogP contribution in [-0.2, 0) is 20.3 Å². The van der Waals surface area contributed by atoms with Crippen LogP contribution in [0.2, 0.25) is 0 Å². The number of nitrogens with zero attached hydrogens (tertiary/aromatic N) is 6. The topological polar surface area (TPSA) is 153 Å². The molecule has 1 N–H and O–H groups in total. The Morgan fingerprint density at radius 1 is 0.891 bits per heavy atom. The third-order valence-electron chi connectivity index (χ3n) is 7.80. The number of hydrogen-bond acceptors (Lipinski definition) is 9. The number of alkyl halides is 1. The fourth-order valence-electron chi connectivity index (χ4n) is 5.40. The molecule has 4 atom stereocenters. The van der Waals surface area contributed by atoms with Gasteiger partial charge in [-0.2, -0.15) is 10.5 Å². The van der Waals surface area contributed by atoms with Crippen molar-refractivity contribution in [2.75, 3.05) is 33.3 Å². The van der Waals surface area contributed by atoms with E-state index < -0.39 is 41.4 Å². The van der Waals surface area contributed by atoms with E-state index in [-0.39, 0.29) is 18.6 Å². The number of aromatic nitrogens is 2. The Bertz CT molecular complexity index is 1290. The summed E-state index contributed by atoms with van der Waals surface area (Å²) >= 11 is 0. The molecule has 2 amide bonds. The van der Waals surface area contributed by atoms with E-state index in [9.17, 15) is 29.6 Å². The van der Waals surface area contributed by atoms with Gasteiger partial charge in [-0.05, 0) is 84.6 Å². The van der Waals surface area contributed by atoms with Gasteiger partial charge in [-0.3, -0.25) is 14.4 Å². The number of aliphatic hydroxyl groups is 1. The second-order valence-electron chi connectivity index (χ2n) is 13.4. The van der Waals surface area contributed by atoms with Gasteiger partial charge in [0.1, 0.15) is 22.0 Å². The summed E-state index contributed by atoms with van der Waals surface area (Å²) in [7, 11) is -1.00. The van der Waals surface area contributed by atoms with Gasteiger partial charge in [0.05, 0.1) is 44.7 Å². The monoisotopic (exact) mass is 639 g/mol. The molecule has 4 rings (SSSR count). The molecular formula is C34H47FN6O5. The number of hydrogen-bond donors (Lipinski definition) is 1. The number of ether oxygens (including phenoxy) is 2. The molecule has 2 aliphatic rings.